The quantitative estimate of drug-likeness (QED) is 0.404. The van der Waals surface area contributed by atoms with Crippen LogP contribution in [0.5, 0.6) is 0 Å². The number of nitrogens with zero attached hydrogens (tertiary/aromatic N) is 2. The first kappa shape index (κ1) is 9.25. The average Bonchev–Trinajstić information content (AvgIpc) is 2.17. The summed E-state index contributed by atoms with van der Waals surface area (Å²) in [5.74, 6) is 0. The molecule has 4 heteroatoms. The van der Waals surface area contributed by atoms with Gasteiger partial charge in [0.2, 0.25) is 11.5 Å². The lowest BCUT2D eigenvalue weighted by molar-refractivity contribution is -0.490. The van der Waals surface area contributed by atoms with Gasteiger partial charge in [0.1, 0.15) is 7.11 Å². The van der Waals surface area contributed by atoms with Crippen molar-refractivity contribution in [3.63, 3.8) is 0 Å². The summed E-state index contributed by atoms with van der Waals surface area (Å²) in [7, 11) is 1.32. The van der Waals surface area contributed by atoms with Crippen LogP contribution in [0.3, 0.4) is 0 Å². The molecule has 0 fully saturated rings. The Morgan fingerprint density at radius 3 is 2.69 bits per heavy atom. The van der Waals surface area contributed by atoms with Crippen molar-refractivity contribution in [3.8, 4) is 0 Å². The molecule has 0 aliphatic heterocycles. The zero-order chi connectivity index (χ0) is 9.52. The Labute approximate surface area is 76.3 Å². The molecule has 0 bridgehead atoms. The van der Waals surface area contributed by atoms with Crippen LogP contribution >= 0.6 is 0 Å². The second-order valence-corrected chi connectivity index (χ2v) is 2.29. The van der Waals surface area contributed by atoms with Gasteiger partial charge in [-0.2, -0.15) is 0 Å². The van der Waals surface area contributed by atoms with E-state index in [1.54, 1.807) is 6.08 Å². The molecule has 1 aromatic carbocycles. The van der Waals surface area contributed by atoms with Crippen molar-refractivity contribution in [1.82, 2.24) is 0 Å². The summed E-state index contributed by atoms with van der Waals surface area (Å²) < 4.78 is 0. The Balaban J connectivity index is 2.64. The molecule has 13 heavy (non-hydrogen) atoms. The highest BCUT2D eigenvalue weighted by molar-refractivity contribution is 5.47. The second-order valence-electron chi connectivity index (χ2n) is 2.29. The molecule has 0 saturated carbocycles. The van der Waals surface area contributed by atoms with Gasteiger partial charge in [0.25, 0.3) is 0 Å². The monoisotopic (exact) mass is 178 g/mol. The summed E-state index contributed by atoms with van der Waals surface area (Å²) in [5, 5.41) is 13.9. The predicted octanol–water partition coefficient (Wildman–Crippen LogP) is 2.18. The van der Waals surface area contributed by atoms with E-state index in [9.17, 15) is 5.21 Å². The molecule has 0 spiro atoms. The molecule has 0 N–H and O–H groups in total. The van der Waals surface area contributed by atoms with Crippen LogP contribution < -0.4 is 0 Å². The van der Waals surface area contributed by atoms with Gasteiger partial charge in [0.05, 0.1) is 0 Å². The van der Waals surface area contributed by atoms with E-state index >= 15 is 0 Å². The molecular formula is C9H10N2O2. The molecule has 0 atom stereocenters. The number of rotatable bonds is 3. The highest BCUT2D eigenvalue weighted by Gasteiger charge is 1.87. The molecule has 0 aliphatic carbocycles. The molecule has 0 unspecified atom stereocenters. The highest BCUT2D eigenvalue weighted by atomic mass is 16.7. The zero-order valence-corrected chi connectivity index (χ0v) is 7.25. The lowest BCUT2D eigenvalue weighted by atomic mass is 10.2. The van der Waals surface area contributed by atoms with Crippen molar-refractivity contribution in [2.75, 3.05) is 7.11 Å². The Bertz CT molecular complexity index is 307. The minimum absolute atomic E-state index is 0.354. The standard InChI is InChI=1S/C9H10N2O2/c1-13-10-11(12)8-7-9-5-3-2-4-6-9/h2-8H,1H3/b8-7+,11-10-. The van der Waals surface area contributed by atoms with Crippen molar-refractivity contribution >= 4 is 6.08 Å². The molecule has 0 saturated heterocycles. The van der Waals surface area contributed by atoms with Crippen molar-refractivity contribution < 1.29 is 9.70 Å². The summed E-state index contributed by atoms with van der Waals surface area (Å²) in [6.07, 6.45) is 2.92. The maximum Gasteiger partial charge on any atom is 0.213 e. The summed E-state index contributed by atoms with van der Waals surface area (Å²) >= 11 is 0. The Kier molecular flexibility index (Phi) is 3.50. The van der Waals surface area contributed by atoms with Gasteiger partial charge in [-0.3, -0.25) is 0 Å². The van der Waals surface area contributed by atoms with Gasteiger partial charge in [-0.15, -0.1) is 0 Å². The smallest absolute Gasteiger partial charge is 0.213 e. The SMILES string of the molecule is CO/N=[N+]([O-])/C=C/c1ccccc1. The number of hydrogen-bond donors (Lipinski definition) is 0. The lowest BCUT2D eigenvalue weighted by Crippen LogP contribution is -1.88. The molecule has 0 heterocycles. The topological polar surface area (TPSA) is 47.7 Å². The molecule has 1 aromatic rings. The van der Waals surface area contributed by atoms with Gasteiger partial charge in [-0.25, -0.2) is 0 Å². The highest BCUT2D eigenvalue weighted by Crippen LogP contribution is 2.00. The first-order chi connectivity index (χ1) is 6.33. The van der Waals surface area contributed by atoms with Crippen molar-refractivity contribution in [2.24, 2.45) is 5.28 Å². The van der Waals surface area contributed by atoms with Gasteiger partial charge >= 0.3 is 0 Å². The second kappa shape index (κ2) is 4.92. The number of hydroxylamine groups is 1. The molecule has 1 rings (SSSR count). The van der Waals surface area contributed by atoms with Gasteiger partial charge in [0, 0.05) is 6.08 Å². The van der Waals surface area contributed by atoms with Gasteiger partial charge < -0.3 is 10.0 Å². The van der Waals surface area contributed by atoms with E-state index in [1.807, 2.05) is 30.3 Å². The molecule has 68 valence electrons. The molecule has 0 amide bonds. The van der Waals surface area contributed by atoms with Crippen molar-refractivity contribution in [3.05, 3.63) is 47.3 Å². The Morgan fingerprint density at radius 1 is 1.38 bits per heavy atom. The first-order valence-corrected chi connectivity index (χ1v) is 3.76. The number of benzene rings is 1. The fourth-order valence-electron chi connectivity index (χ4n) is 0.822. The van der Waals surface area contributed by atoms with E-state index in [2.05, 4.69) is 10.1 Å². The van der Waals surface area contributed by atoms with E-state index in [0.717, 1.165) is 5.56 Å². The van der Waals surface area contributed by atoms with Crippen LogP contribution in [0.2, 0.25) is 0 Å². The summed E-state index contributed by atoms with van der Waals surface area (Å²) in [6, 6.07) is 9.46. The average molecular weight is 178 g/mol. The van der Waals surface area contributed by atoms with E-state index in [-0.39, 0.29) is 0 Å². The third-order valence-corrected chi connectivity index (χ3v) is 1.36. The fourth-order valence-corrected chi connectivity index (χ4v) is 0.822. The van der Waals surface area contributed by atoms with Crippen LogP contribution in [-0.4, -0.2) is 12.0 Å². The van der Waals surface area contributed by atoms with E-state index in [1.165, 1.54) is 13.3 Å². The minimum Gasteiger partial charge on any atom is -0.592 e. The Morgan fingerprint density at radius 2 is 2.08 bits per heavy atom. The summed E-state index contributed by atoms with van der Waals surface area (Å²) in [5.41, 5.74) is 0.939. The Hall–Kier alpha value is -1.84. The van der Waals surface area contributed by atoms with E-state index in [4.69, 9.17) is 0 Å². The third kappa shape index (κ3) is 3.37. The molecule has 0 aliphatic rings. The normalized spacial score (nSPS) is 11.9. The van der Waals surface area contributed by atoms with E-state index in [0.29, 0.717) is 4.86 Å². The van der Waals surface area contributed by atoms with Crippen LogP contribution in [0.25, 0.3) is 6.08 Å². The van der Waals surface area contributed by atoms with Crippen LogP contribution in [0.4, 0.5) is 0 Å². The van der Waals surface area contributed by atoms with Crippen molar-refractivity contribution in [1.29, 1.82) is 0 Å². The number of hydrogen-bond acceptors (Lipinski definition) is 3. The summed E-state index contributed by atoms with van der Waals surface area (Å²) in [4.78, 5) is 4.63. The van der Waals surface area contributed by atoms with Crippen molar-refractivity contribution in [2.45, 2.75) is 0 Å². The summed E-state index contributed by atoms with van der Waals surface area (Å²) in [6.45, 7) is 0. The van der Waals surface area contributed by atoms with Crippen LogP contribution in [0.1, 0.15) is 5.56 Å². The maximum atomic E-state index is 10.8. The third-order valence-electron chi connectivity index (χ3n) is 1.36. The van der Waals surface area contributed by atoms with Gasteiger partial charge in [-0.1, -0.05) is 30.3 Å². The van der Waals surface area contributed by atoms with Gasteiger partial charge in [-0.05, 0) is 10.4 Å². The van der Waals surface area contributed by atoms with Crippen LogP contribution in [-0.2, 0) is 4.84 Å². The maximum absolute atomic E-state index is 10.8. The van der Waals surface area contributed by atoms with Gasteiger partial charge in [0.15, 0.2) is 0 Å². The fraction of sp³-hybridized carbons (Fsp3) is 0.111. The zero-order valence-electron chi connectivity index (χ0n) is 7.25. The molecule has 0 aromatic heterocycles. The molecular weight excluding hydrogens is 168 g/mol. The molecule has 4 nitrogen and oxygen atoms in total. The predicted molar refractivity (Wildman–Crippen MR) is 48.5 cm³/mol. The van der Waals surface area contributed by atoms with Crippen LogP contribution in [0, 0.1) is 5.21 Å². The lowest BCUT2D eigenvalue weighted by Gasteiger charge is -1.91. The first-order valence-electron chi connectivity index (χ1n) is 3.76. The van der Waals surface area contributed by atoms with Crippen LogP contribution in [0.15, 0.2) is 41.8 Å². The largest absolute Gasteiger partial charge is 0.592 e. The minimum atomic E-state index is 0.354. The molecule has 0 radical (unpaired) electrons. The van der Waals surface area contributed by atoms with E-state index < -0.39 is 0 Å².